The number of quaternary nitrogens is 1. The smallest absolute Gasteiger partial charge is 0.268 e. The minimum atomic E-state index is -4.62. The van der Waals surface area contributed by atoms with Gasteiger partial charge >= 0.3 is 0 Å². The summed E-state index contributed by atoms with van der Waals surface area (Å²) in [5.74, 6) is -0.204. The molecule has 0 saturated carbocycles. The van der Waals surface area contributed by atoms with E-state index < -0.39 is 26.6 Å². The highest BCUT2D eigenvalue weighted by atomic mass is 31.2. The molecule has 0 rings (SSSR count). The zero-order chi connectivity index (χ0) is 64.1. The van der Waals surface area contributed by atoms with Crippen molar-refractivity contribution in [1.29, 1.82) is 0 Å². The molecule has 518 valence electrons. The fraction of sp³-hybridized carbons (Fsp3) is 0.861. The van der Waals surface area contributed by atoms with E-state index in [-0.39, 0.29) is 12.5 Å². The van der Waals surface area contributed by atoms with Crippen molar-refractivity contribution in [2.75, 3.05) is 40.9 Å². The second-order valence-electron chi connectivity index (χ2n) is 27.7. The van der Waals surface area contributed by atoms with Crippen molar-refractivity contribution in [2.24, 2.45) is 0 Å². The number of likely N-dealkylation sites (N-methyl/N-ethyl adjacent to an activating group) is 1. The van der Waals surface area contributed by atoms with Gasteiger partial charge in [0.1, 0.15) is 13.2 Å². The molecule has 0 aliphatic heterocycles. The monoisotopic (exact) mass is 1260 g/mol. The number of aliphatic hydroxyl groups is 1. The Morgan fingerprint density at radius 3 is 0.989 bits per heavy atom. The number of hydrogen-bond donors (Lipinski definition) is 2. The van der Waals surface area contributed by atoms with E-state index in [9.17, 15) is 19.4 Å². The number of allylic oxidation sites excluding steroid dienone is 9. The molecule has 9 heteroatoms. The van der Waals surface area contributed by atoms with Crippen LogP contribution in [0.2, 0.25) is 0 Å². The van der Waals surface area contributed by atoms with Gasteiger partial charge in [0.2, 0.25) is 5.91 Å². The maximum atomic E-state index is 13.1. The Balaban J connectivity index is 3.99. The number of carbonyl (C=O) groups is 1. The summed E-state index contributed by atoms with van der Waals surface area (Å²) < 4.78 is 23.5. The molecular formula is C79H151N2O6P. The van der Waals surface area contributed by atoms with Crippen molar-refractivity contribution < 1.29 is 32.9 Å². The van der Waals surface area contributed by atoms with E-state index in [0.717, 1.165) is 51.4 Å². The van der Waals surface area contributed by atoms with Crippen LogP contribution in [0.1, 0.15) is 386 Å². The molecule has 88 heavy (non-hydrogen) atoms. The lowest BCUT2D eigenvalue weighted by atomic mass is 10.0. The van der Waals surface area contributed by atoms with Crippen molar-refractivity contribution in [3.63, 3.8) is 0 Å². The summed E-state index contributed by atoms with van der Waals surface area (Å²) in [7, 11) is 1.25. The van der Waals surface area contributed by atoms with E-state index >= 15 is 0 Å². The van der Waals surface area contributed by atoms with Crippen LogP contribution in [0.3, 0.4) is 0 Å². The fourth-order valence-electron chi connectivity index (χ4n) is 11.7. The van der Waals surface area contributed by atoms with Crippen LogP contribution < -0.4 is 10.2 Å². The van der Waals surface area contributed by atoms with E-state index in [1.54, 1.807) is 6.08 Å². The molecule has 3 atom stereocenters. The molecule has 2 N–H and O–H groups in total. The molecule has 0 fully saturated rings. The van der Waals surface area contributed by atoms with E-state index in [0.29, 0.717) is 17.4 Å². The normalized spacial score (nSPS) is 13.9. The standard InChI is InChI=1S/C79H151N2O6P/c1-6-8-10-12-14-16-18-20-22-24-26-28-30-32-34-35-36-37-38-39-40-41-42-43-44-45-47-49-51-53-55-57-59-61-63-65-67-69-71-73-79(83)80-77(76-87-88(84,85)86-75-74-81(3,4)5)78(82)72-70-68-66-64-62-60-58-56-54-52-50-48-46-33-31-29-27-25-23-21-19-17-15-13-11-9-7-2/h18,20,24,26,54,56,62,64,70,72,77-78,82H,6-17,19,21-23,25,27-53,55,57-61,63,65-69,71,73-76H2,1-5H3,(H-,80,83,84,85)/b20-18-,26-24-,56-54+,64-62+,72-70+. The lowest BCUT2D eigenvalue weighted by molar-refractivity contribution is -0.870. The zero-order valence-corrected chi connectivity index (χ0v) is 60.3. The number of rotatable bonds is 72. The van der Waals surface area contributed by atoms with Gasteiger partial charge in [-0.1, -0.05) is 364 Å². The van der Waals surface area contributed by atoms with Crippen molar-refractivity contribution in [3.8, 4) is 0 Å². The number of phosphoric acid groups is 1. The number of hydrogen-bond acceptors (Lipinski definition) is 6. The Hall–Kier alpha value is -1.80. The number of amides is 1. The van der Waals surface area contributed by atoms with Crippen molar-refractivity contribution in [1.82, 2.24) is 5.32 Å². The summed E-state index contributed by atoms with van der Waals surface area (Å²) in [6, 6.07) is -0.912. The Morgan fingerprint density at radius 2 is 0.670 bits per heavy atom. The molecule has 0 aliphatic rings. The van der Waals surface area contributed by atoms with Crippen LogP contribution in [0.15, 0.2) is 60.8 Å². The Labute approximate surface area is 549 Å². The number of carbonyl (C=O) groups excluding carboxylic acids is 1. The van der Waals surface area contributed by atoms with Crippen LogP contribution in [0, 0.1) is 0 Å². The van der Waals surface area contributed by atoms with Gasteiger partial charge in [0.25, 0.3) is 7.82 Å². The van der Waals surface area contributed by atoms with Crippen LogP contribution in [0.4, 0.5) is 0 Å². The first-order valence-corrected chi connectivity index (χ1v) is 40.1. The van der Waals surface area contributed by atoms with Gasteiger partial charge in [-0.2, -0.15) is 0 Å². The van der Waals surface area contributed by atoms with E-state index in [1.807, 2.05) is 27.2 Å². The quantitative estimate of drug-likeness (QED) is 0.0272. The van der Waals surface area contributed by atoms with Gasteiger partial charge in [0.15, 0.2) is 0 Å². The number of aliphatic hydroxyl groups excluding tert-OH is 1. The second-order valence-corrected chi connectivity index (χ2v) is 29.1. The molecule has 0 heterocycles. The first kappa shape index (κ1) is 86.2. The summed E-state index contributed by atoms with van der Waals surface area (Å²) in [4.78, 5) is 25.7. The predicted octanol–water partition coefficient (Wildman–Crippen LogP) is 24.5. The van der Waals surface area contributed by atoms with Crippen LogP contribution in [0.25, 0.3) is 0 Å². The first-order chi connectivity index (χ1) is 43.0. The van der Waals surface area contributed by atoms with E-state index in [2.05, 4.69) is 67.8 Å². The maximum absolute atomic E-state index is 13.1. The molecule has 8 nitrogen and oxygen atoms in total. The predicted molar refractivity (Wildman–Crippen MR) is 385 cm³/mol. The summed E-state index contributed by atoms with van der Waals surface area (Å²) >= 11 is 0. The van der Waals surface area contributed by atoms with E-state index in [1.165, 1.54) is 315 Å². The molecule has 0 saturated heterocycles. The molecule has 0 aromatic carbocycles. The van der Waals surface area contributed by atoms with Gasteiger partial charge in [0.05, 0.1) is 39.9 Å². The lowest BCUT2D eigenvalue weighted by Crippen LogP contribution is -2.45. The SMILES string of the molecule is CCCCCCC/C=C\C/C=C\CCCCCCCCCCCCCCCCCCCCCCCCCCCCCC(=O)NC(COP(=O)([O-])OCC[N+](C)(C)C)C(O)/C=C/CC/C=C/CC/C=C/CCCCCCCCCCCCCCCCCCC. The molecule has 0 spiro atoms. The minimum Gasteiger partial charge on any atom is -0.756 e. The second kappa shape index (κ2) is 69.5. The number of nitrogens with zero attached hydrogens (tertiary/aromatic N) is 1. The number of phosphoric ester groups is 1. The fourth-order valence-corrected chi connectivity index (χ4v) is 12.4. The molecular weight excluding hydrogens is 1100 g/mol. The first-order valence-electron chi connectivity index (χ1n) is 38.7. The average Bonchev–Trinajstić information content (AvgIpc) is 3.70. The molecule has 0 aromatic heterocycles. The van der Waals surface area contributed by atoms with Crippen molar-refractivity contribution in [3.05, 3.63) is 60.8 Å². The largest absolute Gasteiger partial charge is 0.756 e. The third kappa shape index (κ3) is 71.6. The summed E-state index contributed by atoms with van der Waals surface area (Å²) in [6.45, 7) is 4.66. The summed E-state index contributed by atoms with van der Waals surface area (Å²) in [5, 5.41) is 14.0. The Bertz CT molecular complexity index is 1620. The van der Waals surface area contributed by atoms with E-state index in [4.69, 9.17) is 9.05 Å². The third-order valence-electron chi connectivity index (χ3n) is 17.7. The average molecular weight is 1260 g/mol. The van der Waals surface area contributed by atoms with Gasteiger partial charge in [-0.15, -0.1) is 0 Å². The zero-order valence-electron chi connectivity index (χ0n) is 59.4. The summed E-state index contributed by atoms with van der Waals surface area (Å²) in [5.41, 5.74) is 0. The van der Waals surface area contributed by atoms with Crippen LogP contribution in [-0.2, 0) is 18.4 Å². The highest BCUT2D eigenvalue weighted by Crippen LogP contribution is 2.38. The highest BCUT2D eigenvalue weighted by molar-refractivity contribution is 7.45. The van der Waals surface area contributed by atoms with Gasteiger partial charge in [-0.3, -0.25) is 9.36 Å². The van der Waals surface area contributed by atoms with Crippen molar-refractivity contribution >= 4 is 13.7 Å². The van der Waals surface area contributed by atoms with Gasteiger partial charge in [-0.05, 0) is 77.0 Å². The molecule has 0 aromatic rings. The highest BCUT2D eigenvalue weighted by Gasteiger charge is 2.23. The van der Waals surface area contributed by atoms with Gasteiger partial charge in [-0.25, -0.2) is 0 Å². The number of nitrogens with one attached hydrogen (secondary N) is 1. The summed E-state index contributed by atoms with van der Waals surface area (Å²) in [6.07, 6.45) is 96.8. The molecule has 0 bridgehead atoms. The maximum Gasteiger partial charge on any atom is 0.268 e. The topological polar surface area (TPSA) is 108 Å². The van der Waals surface area contributed by atoms with Crippen LogP contribution in [0.5, 0.6) is 0 Å². The Morgan fingerprint density at radius 1 is 0.398 bits per heavy atom. The molecule has 0 aliphatic carbocycles. The molecule has 0 radical (unpaired) electrons. The lowest BCUT2D eigenvalue weighted by Gasteiger charge is -2.29. The van der Waals surface area contributed by atoms with Gasteiger partial charge < -0.3 is 28.8 Å². The molecule has 3 unspecified atom stereocenters. The molecule has 1 amide bonds. The Kier molecular flexibility index (Phi) is 68.1. The third-order valence-corrected chi connectivity index (χ3v) is 18.6. The van der Waals surface area contributed by atoms with Gasteiger partial charge in [0, 0.05) is 6.42 Å². The van der Waals surface area contributed by atoms with Crippen LogP contribution >= 0.6 is 7.82 Å². The van der Waals surface area contributed by atoms with Crippen molar-refractivity contribution in [2.45, 2.75) is 398 Å². The van der Waals surface area contributed by atoms with Crippen LogP contribution in [-0.4, -0.2) is 68.5 Å². The number of unbranched alkanes of at least 4 members (excludes halogenated alkanes) is 51. The minimum absolute atomic E-state index is 0.00823.